The lowest BCUT2D eigenvalue weighted by Gasteiger charge is -2.28. The Kier molecular flexibility index (Phi) is 3.56. The topological polar surface area (TPSA) is 16.1 Å². The molecule has 0 N–H and O–H groups in total. The van der Waals surface area contributed by atoms with E-state index in [1.54, 1.807) is 18.1 Å². The monoisotopic (exact) mass is 182 g/mol. The third kappa shape index (κ3) is 2.22. The van der Waals surface area contributed by atoms with E-state index in [1.165, 1.54) is 24.4 Å². The van der Waals surface area contributed by atoms with Crippen LogP contribution in [0.5, 0.6) is 0 Å². The number of rotatable bonds is 2. The SMILES string of the molecule is C.c1cncc(SN2CCC2)c1. The molecule has 0 bridgehead atoms. The Labute approximate surface area is 78.1 Å². The molecule has 1 saturated heterocycles. The second-order valence-electron chi connectivity index (χ2n) is 2.56. The summed E-state index contributed by atoms with van der Waals surface area (Å²) in [6.45, 7) is 2.44. The normalized spacial score (nSPS) is 16.3. The largest absolute Gasteiger partial charge is 0.264 e. The first-order chi connectivity index (χ1) is 5.45. The molecule has 2 nitrogen and oxygen atoms in total. The van der Waals surface area contributed by atoms with Crippen LogP contribution < -0.4 is 0 Å². The standard InChI is InChI=1S/C8H10N2S.CH4/c1-3-8(7-9-4-1)11-10-5-2-6-10;/h1,3-4,7H,2,5-6H2;1H4. The summed E-state index contributed by atoms with van der Waals surface area (Å²) in [5, 5.41) is 0. The van der Waals surface area contributed by atoms with Crippen LogP contribution in [0, 0.1) is 0 Å². The minimum absolute atomic E-state index is 0. The van der Waals surface area contributed by atoms with E-state index in [0.29, 0.717) is 0 Å². The van der Waals surface area contributed by atoms with Crippen molar-refractivity contribution in [2.75, 3.05) is 13.1 Å². The van der Waals surface area contributed by atoms with Gasteiger partial charge in [-0.1, -0.05) is 7.43 Å². The minimum atomic E-state index is 0. The van der Waals surface area contributed by atoms with Gasteiger partial charge in [0.25, 0.3) is 0 Å². The van der Waals surface area contributed by atoms with Gasteiger partial charge in [-0.15, -0.1) is 0 Å². The van der Waals surface area contributed by atoms with Crippen LogP contribution in [-0.2, 0) is 0 Å². The van der Waals surface area contributed by atoms with Crippen molar-refractivity contribution in [3.63, 3.8) is 0 Å². The molecule has 0 radical (unpaired) electrons. The third-order valence-electron chi connectivity index (χ3n) is 1.68. The lowest BCUT2D eigenvalue weighted by Crippen LogP contribution is -2.30. The van der Waals surface area contributed by atoms with Crippen LogP contribution >= 0.6 is 11.9 Å². The number of pyridine rings is 1. The van der Waals surface area contributed by atoms with Gasteiger partial charge in [0, 0.05) is 30.4 Å². The molecule has 1 aliphatic heterocycles. The summed E-state index contributed by atoms with van der Waals surface area (Å²) in [5.41, 5.74) is 0. The summed E-state index contributed by atoms with van der Waals surface area (Å²) in [6.07, 6.45) is 5.05. The van der Waals surface area contributed by atoms with Gasteiger partial charge >= 0.3 is 0 Å². The molecular formula is C9H14N2S. The average Bonchev–Trinajstić information content (AvgIpc) is 1.99. The maximum absolute atomic E-state index is 4.05. The molecule has 0 aromatic carbocycles. The number of hydrogen-bond donors (Lipinski definition) is 0. The summed E-state index contributed by atoms with van der Waals surface area (Å²) in [5.74, 6) is 0. The van der Waals surface area contributed by atoms with E-state index in [0.717, 1.165) is 0 Å². The van der Waals surface area contributed by atoms with E-state index in [-0.39, 0.29) is 7.43 Å². The van der Waals surface area contributed by atoms with Crippen molar-refractivity contribution in [2.45, 2.75) is 18.7 Å². The van der Waals surface area contributed by atoms with Crippen molar-refractivity contribution in [2.24, 2.45) is 0 Å². The molecule has 1 fully saturated rings. The second kappa shape index (κ2) is 4.48. The third-order valence-corrected chi connectivity index (χ3v) is 2.76. The zero-order valence-corrected chi connectivity index (χ0v) is 7.05. The Morgan fingerprint density at radius 3 is 2.75 bits per heavy atom. The first-order valence-electron chi connectivity index (χ1n) is 3.78. The first-order valence-corrected chi connectivity index (χ1v) is 4.55. The molecule has 3 heteroatoms. The van der Waals surface area contributed by atoms with Crippen molar-refractivity contribution in [1.29, 1.82) is 0 Å². The van der Waals surface area contributed by atoms with Gasteiger partial charge in [0.2, 0.25) is 0 Å². The van der Waals surface area contributed by atoms with Crippen LogP contribution in [0.3, 0.4) is 0 Å². The van der Waals surface area contributed by atoms with Crippen LogP contribution in [0.4, 0.5) is 0 Å². The summed E-state index contributed by atoms with van der Waals surface area (Å²) in [7, 11) is 0. The van der Waals surface area contributed by atoms with Crippen molar-refractivity contribution in [1.82, 2.24) is 9.29 Å². The predicted octanol–water partition coefficient (Wildman–Crippen LogP) is 2.43. The zero-order valence-electron chi connectivity index (χ0n) is 6.23. The molecule has 2 heterocycles. The van der Waals surface area contributed by atoms with Crippen molar-refractivity contribution >= 4 is 11.9 Å². The smallest absolute Gasteiger partial charge is 0.0417 e. The first kappa shape index (κ1) is 9.55. The second-order valence-corrected chi connectivity index (χ2v) is 3.73. The summed E-state index contributed by atoms with van der Waals surface area (Å²) < 4.78 is 2.34. The molecule has 0 amide bonds. The average molecular weight is 182 g/mol. The van der Waals surface area contributed by atoms with Crippen LogP contribution in [0.15, 0.2) is 29.4 Å². The van der Waals surface area contributed by atoms with Gasteiger partial charge in [-0.25, -0.2) is 4.31 Å². The fraction of sp³-hybridized carbons (Fsp3) is 0.444. The van der Waals surface area contributed by atoms with Gasteiger partial charge in [0.1, 0.15) is 0 Å². The van der Waals surface area contributed by atoms with Crippen molar-refractivity contribution in [3.8, 4) is 0 Å². The molecular weight excluding hydrogens is 168 g/mol. The van der Waals surface area contributed by atoms with Gasteiger partial charge < -0.3 is 0 Å². The Bertz CT molecular complexity index is 221. The van der Waals surface area contributed by atoms with Gasteiger partial charge in [0.15, 0.2) is 0 Å². The Morgan fingerprint density at radius 2 is 2.25 bits per heavy atom. The van der Waals surface area contributed by atoms with Gasteiger partial charge in [-0.3, -0.25) is 4.98 Å². The molecule has 0 atom stereocenters. The van der Waals surface area contributed by atoms with Crippen LogP contribution in [0.1, 0.15) is 13.8 Å². The van der Waals surface area contributed by atoms with E-state index in [2.05, 4.69) is 15.4 Å². The predicted molar refractivity (Wildman–Crippen MR) is 53.0 cm³/mol. The molecule has 1 aliphatic rings. The Hall–Kier alpha value is -0.540. The Balaban J connectivity index is 0.000000720. The van der Waals surface area contributed by atoms with E-state index in [4.69, 9.17) is 0 Å². The van der Waals surface area contributed by atoms with E-state index >= 15 is 0 Å². The molecule has 12 heavy (non-hydrogen) atoms. The molecule has 66 valence electrons. The Morgan fingerprint density at radius 1 is 1.42 bits per heavy atom. The van der Waals surface area contributed by atoms with Gasteiger partial charge in [-0.05, 0) is 30.5 Å². The molecule has 1 aromatic rings. The molecule has 0 unspecified atom stereocenters. The number of hydrogen-bond acceptors (Lipinski definition) is 3. The molecule has 0 aliphatic carbocycles. The highest BCUT2D eigenvalue weighted by molar-refractivity contribution is 7.97. The number of aromatic nitrogens is 1. The van der Waals surface area contributed by atoms with Crippen LogP contribution in [-0.4, -0.2) is 22.4 Å². The fourth-order valence-corrected chi connectivity index (χ4v) is 1.92. The van der Waals surface area contributed by atoms with Crippen molar-refractivity contribution < 1.29 is 0 Å². The maximum Gasteiger partial charge on any atom is 0.0417 e. The molecule has 1 aromatic heterocycles. The van der Waals surface area contributed by atoms with Gasteiger partial charge in [-0.2, -0.15) is 0 Å². The zero-order chi connectivity index (χ0) is 7.52. The highest BCUT2D eigenvalue weighted by Crippen LogP contribution is 2.25. The van der Waals surface area contributed by atoms with Crippen LogP contribution in [0.2, 0.25) is 0 Å². The highest BCUT2D eigenvalue weighted by Gasteiger charge is 2.14. The lowest BCUT2D eigenvalue weighted by molar-refractivity contribution is 0.344. The van der Waals surface area contributed by atoms with E-state index in [1.807, 2.05) is 12.3 Å². The fourth-order valence-electron chi connectivity index (χ4n) is 0.929. The minimum Gasteiger partial charge on any atom is -0.264 e. The highest BCUT2D eigenvalue weighted by atomic mass is 32.2. The van der Waals surface area contributed by atoms with Crippen LogP contribution in [0.25, 0.3) is 0 Å². The molecule has 0 saturated carbocycles. The summed E-state index contributed by atoms with van der Waals surface area (Å²) >= 11 is 1.80. The van der Waals surface area contributed by atoms with Crippen molar-refractivity contribution in [3.05, 3.63) is 24.5 Å². The summed E-state index contributed by atoms with van der Waals surface area (Å²) in [4.78, 5) is 5.29. The molecule has 2 rings (SSSR count). The maximum atomic E-state index is 4.05. The summed E-state index contributed by atoms with van der Waals surface area (Å²) in [6, 6.07) is 4.07. The lowest BCUT2D eigenvalue weighted by atomic mass is 10.3. The van der Waals surface area contributed by atoms with E-state index in [9.17, 15) is 0 Å². The number of nitrogens with zero attached hydrogens (tertiary/aromatic N) is 2. The van der Waals surface area contributed by atoms with E-state index < -0.39 is 0 Å². The quantitative estimate of drug-likeness (QED) is 0.653. The van der Waals surface area contributed by atoms with Gasteiger partial charge in [0.05, 0.1) is 0 Å². The molecule has 0 spiro atoms.